The van der Waals surface area contributed by atoms with Crippen LogP contribution in [0, 0.1) is 5.41 Å². The van der Waals surface area contributed by atoms with Crippen molar-refractivity contribution in [3.05, 3.63) is 35.9 Å². The van der Waals surface area contributed by atoms with E-state index in [1.807, 2.05) is 30.3 Å². The van der Waals surface area contributed by atoms with Gasteiger partial charge >= 0.3 is 5.97 Å². The second kappa shape index (κ2) is 6.55. The van der Waals surface area contributed by atoms with Gasteiger partial charge in [0.2, 0.25) is 0 Å². The molecule has 0 aromatic heterocycles. The summed E-state index contributed by atoms with van der Waals surface area (Å²) in [6.07, 6.45) is 0.925. The molecule has 100 valence electrons. The van der Waals surface area contributed by atoms with E-state index in [1.54, 1.807) is 0 Å². The molecule has 0 bridgehead atoms. The van der Waals surface area contributed by atoms with Gasteiger partial charge in [-0.05, 0) is 17.4 Å². The van der Waals surface area contributed by atoms with E-state index in [0.29, 0.717) is 6.61 Å². The lowest BCUT2D eigenvalue weighted by molar-refractivity contribution is -0.140. The molecule has 1 atom stereocenters. The fourth-order valence-corrected chi connectivity index (χ4v) is 1.57. The summed E-state index contributed by atoms with van der Waals surface area (Å²) in [5, 5.41) is 9.21. The SMILES string of the molecule is CC(C)(C)CCOCC(C(=O)O)c1ccccc1. The average molecular weight is 250 g/mol. The topological polar surface area (TPSA) is 46.5 Å². The van der Waals surface area contributed by atoms with E-state index in [0.717, 1.165) is 12.0 Å². The van der Waals surface area contributed by atoms with Crippen LogP contribution < -0.4 is 0 Å². The highest BCUT2D eigenvalue weighted by atomic mass is 16.5. The number of aliphatic carboxylic acids is 1. The van der Waals surface area contributed by atoms with Crippen LogP contribution in [0.4, 0.5) is 0 Å². The van der Waals surface area contributed by atoms with Crippen molar-refractivity contribution in [2.24, 2.45) is 5.41 Å². The van der Waals surface area contributed by atoms with Crippen LogP contribution in [-0.4, -0.2) is 24.3 Å². The lowest BCUT2D eigenvalue weighted by Crippen LogP contribution is -2.19. The number of carbonyl (C=O) groups is 1. The molecule has 0 aliphatic rings. The van der Waals surface area contributed by atoms with Crippen LogP contribution in [0.3, 0.4) is 0 Å². The van der Waals surface area contributed by atoms with Gasteiger partial charge in [0.25, 0.3) is 0 Å². The number of rotatable bonds is 6. The molecule has 0 heterocycles. The van der Waals surface area contributed by atoms with Gasteiger partial charge in [0.15, 0.2) is 0 Å². The summed E-state index contributed by atoms with van der Waals surface area (Å²) in [5.74, 6) is -1.41. The second-order valence-electron chi connectivity index (χ2n) is 5.69. The van der Waals surface area contributed by atoms with Gasteiger partial charge in [-0.2, -0.15) is 0 Å². The van der Waals surface area contributed by atoms with Crippen LogP contribution in [0.25, 0.3) is 0 Å². The van der Waals surface area contributed by atoms with Crippen LogP contribution in [-0.2, 0) is 9.53 Å². The van der Waals surface area contributed by atoms with Gasteiger partial charge in [-0.1, -0.05) is 51.1 Å². The van der Waals surface area contributed by atoms with Gasteiger partial charge in [0.05, 0.1) is 6.61 Å². The average Bonchev–Trinajstić information content (AvgIpc) is 2.28. The molecule has 1 N–H and O–H groups in total. The standard InChI is InChI=1S/C15H22O3/c1-15(2,3)9-10-18-11-13(14(16)17)12-7-5-4-6-8-12/h4-8,13H,9-11H2,1-3H3,(H,16,17). The highest BCUT2D eigenvalue weighted by Crippen LogP contribution is 2.20. The third-order valence-corrected chi connectivity index (χ3v) is 2.78. The molecule has 0 spiro atoms. The van der Waals surface area contributed by atoms with Crippen LogP contribution in [0.1, 0.15) is 38.7 Å². The molecule has 0 radical (unpaired) electrons. The Morgan fingerprint density at radius 3 is 2.39 bits per heavy atom. The molecule has 0 aliphatic carbocycles. The molecule has 0 aliphatic heterocycles. The van der Waals surface area contributed by atoms with Gasteiger partial charge in [-0.3, -0.25) is 4.79 Å². The molecule has 3 heteroatoms. The van der Waals surface area contributed by atoms with E-state index in [1.165, 1.54) is 0 Å². The summed E-state index contributed by atoms with van der Waals surface area (Å²) in [5.41, 5.74) is 1.01. The number of carboxylic acid groups (broad SMARTS) is 1. The number of carboxylic acids is 1. The molecule has 3 nitrogen and oxygen atoms in total. The zero-order valence-electron chi connectivity index (χ0n) is 11.3. The maximum Gasteiger partial charge on any atom is 0.313 e. The van der Waals surface area contributed by atoms with Crippen molar-refractivity contribution in [1.29, 1.82) is 0 Å². The summed E-state index contributed by atoms with van der Waals surface area (Å²) in [6, 6.07) is 9.22. The van der Waals surface area contributed by atoms with Crippen molar-refractivity contribution in [3.8, 4) is 0 Å². The third-order valence-electron chi connectivity index (χ3n) is 2.78. The first-order valence-corrected chi connectivity index (χ1v) is 6.25. The Labute approximate surface area is 109 Å². The van der Waals surface area contributed by atoms with Gasteiger partial charge in [-0.15, -0.1) is 0 Å². The van der Waals surface area contributed by atoms with Gasteiger partial charge in [-0.25, -0.2) is 0 Å². The maximum atomic E-state index is 11.2. The van der Waals surface area contributed by atoms with E-state index in [4.69, 9.17) is 4.74 Å². The fraction of sp³-hybridized carbons (Fsp3) is 0.533. The molecule has 0 amide bonds. The summed E-state index contributed by atoms with van der Waals surface area (Å²) in [7, 11) is 0. The van der Waals surface area contributed by atoms with Crippen molar-refractivity contribution < 1.29 is 14.6 Å². The second-order valence-corrected chi connectivity index (χ2v) is 5.69. The summed E-state index contributed by atoms with van der Waals surface area (Å²) < 4.78 is 5.51. The van der Waals surface area contributed by atoms with Crippen LogP contribution >= 0.6 is 0 Å². The van der Waals surface area contributed by atoms with Crippen LogP contribution in [0.15, 0.2) is 30.3 Å². The monoisotopic (exact) mass is 250 g/mol. The number of ether oxygens (including phenoxy) is 1. The lowest BCUT2D eigenvalue weighted by atomic mass is 9.93. The Hall–Kier alpha value is -1.35. The first-order valence-electron chi connectivity index (χ1n) is 6.25. The minimum Gasteiger partial charge on any atom is -0.481 e. The Morgan fingerprint density at radius 2 is 1.89 bits per heavy atom. The zero-order valence-corrected chi connectivity index (χ0v) is 11.3. The smallest absolute Gasteiger partial charge is 0.313 e. The number of benzene rings is 1. The molecule has 1 aromatic rings. The third kappa shape index (κ3) is 5.32. The van der Waals surface area contributed by atoms with E-state index >= 15 is 0 Å². The quantitative estimate of drug-likeness (QED) is 0.788. The number of hydrogen-bond donors (Lipinski definition) is 1. The highest BCUT2D eigenvalue weighted by molar-refractivity contribution is 5.76. The first kappa shape index (κ1) is 14.7. The first-order chi connectivity index (χ1) is 8.40. The predicted molar refractivity (Wildman–Crippen MR) is 71.7 cm³/mol. The van der Waals surface area contributed by atoms with Crippen molar-refractivity contribution >= 4 is 5.97 Å². The molecule has 1 unspecified atom stereocenters. The van der Waals surface area contributed by atoms with Crippen molar-refractivity contribution in [3.63, 3.8) is 0 Å². The zero-order chi connectivity index (χ0) is 13.6. The van der Waals surface area contributed by atoms with Crippen molar-refractivity contribution in [2.45, 2.75) is 33.1 Å². The lowest BCUT2D eigenvalue weighted by Gasteiger charge is -2.19. The Bertz CT molecular complexity index is 365. The minimum atomic E-state index is -0.836. The largest absolute Gasteiger partial charge is 0.481 e. The summed E-state index contributed by atoms with van der Waals surface area (Å²) in [6.45, 7) is 7.25. The molecule has 0 saturated heterocycles. The molecule has 0 saturated carbocycles. The van der Waals surface area contributed by atoms with Crippen LogP contribution in [0.5, 0.6) is 0 Å². The number of hydrogen-bond acceptors (Lipinski definition) is 2. The molecule has 1 rings (SSSR count). The molecule has 0 fully saturated rings. The minimum absolute atomic E-state index is 0.214. The van der Waals surface area contributed by atoms with E-state index < -0.39 is 11.9 Å². The molecular weight excluding hydrogens is 228 g/mol. The van der Waals surface area contributed by atoms with Crippen LogP contribution in [0.2, 0.25) is 0 Å². The summed E-state index contributed by atoms with van der Waals surface area (Å²) in [4.78, 5) is 11.2. The Kier molecular flexibility index (Phi) is 5.35. The van der Waals surface area contributed by atoms with E-state index in [9.17, 15) is 9.90 Å². The normalized spacial score (nSPS) is 13.3. The Morgan fingerprint density at radius 1 is 1.28 bits per heavy atom. The van der Waals surface area contributed by atoms with Gasteiger partial charge < -0.3 is 9.84 Å². The molecule has 18 heavy (non-hydrogen) atoms. The summed E-state index contributed by atoms with van der Waals surface area (Å²) >= 11 is 0. The molecular formula is C15H22O3. The molecule has 1 aromatic carbocycles. The fourth-order valence-electron chi connectivity index (χ4n) is 1.57. The van der Waals surface area contributed by atoms with Crippen molar-refractivity contribution in [2.75, 3.05) is 13.2 Å². The predicted octanol–water partition coefficient (Wildman–Crippen LogP) is 3.31. The van der Waals surface area contributed by atoms with E-state index in [-0.39, 0.29) is 12.0 Å². The van der Waals surface area contributed by atoms with Gasteiger partial charge in [0, 0.05) is 6.61 Å². The maximum absolute atomic E-state index is 11.2. The highest BCUT2D eigenvalue weighted by Gasteiger charge is 2.20. The van der Waals surface area contributed by atoms with E-state index in [2.05, 4.69) is 20.8 Å². The van der Waals surface area contributed by atoms with Gasteiger partial charge in [0.1, 0.15) is 5.92 Å². The Balaban J connectivity index is 2.48. The van der Waals surface area contributed by atoms with Crippen molar-refractivity contribution in [1.82, 2.24) is 0 Å².